The minimum atomic E-state index is -4.43. The number of halogens is 3. The van der Waals surface area contributed by atoms with Crippen LogP contribution in [0.1, 0.15) is 30.1 Å². The third kappa shape index (κ3) is 5.31. The molecule has 2 heterocycles. The zero-order valence-corrected chi connectivity index (χ0v) is 17.2. The van der Waals surface area contributed by atoms with Crippen molar-refractivity contribution in [3.05, 3.63) is 39.8 Å². The number of rotatable bonds is 5. The van der Waals surface area contributed by atoms with Crippen molar-refractivity contribution in [3.8, 4) is 11.5 Å². The highest BCUT2D eigenvalue weighted by molar-refractivity contribution is 7.09. The molecule has 1 aromatic carbocycles. The second kappa shape index (κ2) is 8.48. The van der Waals surface area contributed by atoms with Crippen LogP contribution in [0.4, 0.5) is 13.2 Å². The molecule has 158 valence electrons. The van der Waals surface area contributed by atoms with Crippen LogP contribution in [0.15, 0.2) is 28.6 Å². The van der Waals surface area contributed by atoms with Crippen LogP contribution >= 0.6 is 11.3 Å². The number of guanidine groups is 1. The summed E-state index contributed by atoms with van der Waals surface area (Å²) in [5.41, 5.74) is -0.0561. The van der Waals surface area contributed by atoms with Gasteiger partial charge in [0.25, 0.3) is 0 Å². The molecule has 0 amide bonds. The predicted molar refractivity (Wildman–Crippen MR) is 106 cm³/mol. The number of nitrogens with zero attached hydrogens (tertiary/aromatic N) is 2. The van der Waals surface area contributed by atoms with E-state index in [0.717, 1.165) is 33.8 Å². The summed E-state index contributed by atoms with van der Waals surface area (Å²) in [4.78, 5) is 7.74. The van der Waals surface area contributed by atoms with Gasteiger partial charge in [-0.3, -0.25) is 4.99 Å². The maximum atomic E-state index is 12.7. The van der Waals surface area contributed by atoms with Crippen LogP contribution in [0.3, 0.4) is 0 Å². The molecule has 1 aliphatic rings. The lowest BCUT2D eigenvalue weighted by molar-refractivity contribution is -0.140. The molecule has 0 bridgehead atoms. The first kappa shape index (κ1) is 21.2. The average Bonchev–Trinajstić information content (AvgIpc) is 3.17. The number of aliphatic imine (C=N–C) groups is 1. The van der Waals surface area contributed by atoms with Crippen LogP contribution in [0.5, 0.6) is 11.5 Å². The summed E-state index contributed by atoms with van der Waals surface area (Å²) in [7, 11) is 1.61. The standard InChI is InChI=1S/C19H23F3N4O2S/c1-18(2,12-4-5-13-14(8-12)28-7-6-27-13)11-25-17(23-3)24-9-16-26-15(10-29-16)19(20,21)22/h4-5,8,10H,6-7,9,11H2,1-3H3,(H2,23,24,25). The van der Waals surface area contributed by atoms with Gasteiger partial charge in [-0.2, -0.15) is 13.2 Å². The fraction of sp³-hybridized carbons (Fsp3) is 0.474. The normalized spacial score (nSPS) is 14.6. The van der Waals surface area contributed by atoms with Crippen LogP contribution in [-0.4, -0.2) is 37.7 Å². The second-order valence-electron chi connectivity index (χ2n) is 7.15. The Bertz CT molecular complexity index is 881. The summed E-state index contributed by atoms with van der Waals surface area (Å²) in [5, 5.41) is 7.57. The van der Waals surface area contributed by atoms with Crippen LogP contribution in [0.25, 0.3) is 0 Å². The Hall–Kier alpha value is -2.49. The van der Waals surface area contributed by atoms with Crippen molar-refractivity contribution in [2.24, 2.45) is 4.99 Å². The van der Waals surface area contributed by atoms with E-state index in [2.05, 4.69) is 34.5 Å². The molecule has 3 rings (SSSR count). The number of ether oxygens (including phenoxy) is 2. The SMILES string of the molecule is CN=C(NCc1nc(C(F)(F)F)cs1)NCC(C)(C)c1ccc2c(c1)OCCO2. The number of aromatic nitrogens is 1. The maximum absolute atomic E-state index is 12.7. The number of thiazole rings is 1. The topological polar surface area (TPSA) is 67.8 Å². The highest BCUT2D eigenvalue weighted by Crippen LogP contribution is 2.35. The van der Waals surface area contributed by atoms with Crippen LogP contribution in [0, 0.1) is 0 Å². The smallest absolute Gasteiger partial charge is 0.434 e. The molecule has 0 atom stereocenters. The fourth-order valence-corrected chi connectivity index (χ4v) is 3.51. The van der Waals surface area contributed by atoms with Gasteiger partial charge in [-0.25, -0.2) is 4.98 Å². The number of hydrogen-bond acceptors (Lipinski definition) is 5. The largest absolute Gasteiger partial charge is 0.486 e. The third-order valence-corrected chi connectivity index (χ3v) is 5.34. The Morgan fingerprint density at radius 3 is 2.55 bits per heavy atom. The average molecular weight is 428 g/mol. The lowest BCUT2D eigenvalue weighted by Crippen LogP contribution is -2.43. The molecular weight excluding hydrogens is 405 g/mol. The van der Waals surface area contributed by atoms with E-state index in [9.17, 15) is 13.2 Å². The molecule has 29 heavy (non-hydrogen) atoms. The van der Waals surface area contributed by atoms with Gasteiger partial charge in [0.2, 0.25) is 0 Å². The Morgan fingerprint density at radius 1 is 1.17 bits per heavy atom. The van der Waals surface area contributed by atoms with Crippen molar-refractivity contribution >= 4 is 17.3 Å². The highest BCUT2D eigenvalue weighted by Gasteiger charge is 2.33. The van der Waals surface area contributed by atoms with Crippen LogP contribution in [0.2, 0.25) is 0 Å². The number of nitrogens with one attached hydrogen (secondary N) is 2. The molecule has 1 aromatic heterocycles. The lowest BCUT2D eigenvalue weighted by atomic mass is 9.84. The molecule has 0 saturated heterocycles. The van der Waals surface area contributed by atoms with Crippen molar-refractivity contribution < 1.29 is 22.6 Å². The Labute approximate surface area is 171 Å². The quantitative estimate of drug-likeness (QED) is 0.563. The molecule has 6 nitrogen and oxygen atoms in total. The van der Waals surface area contributed by atoms with Crippen molar-refractivity contribution in [1.29, 1.82) is 0 Å². The van der Waals surface area contributed by atoms with E-state index in [-0.39, 0.29) is 12.0 Å². The van der Waals surface area contributed by atoms with Crippen molar-refractivity contribution in [2.45, 2.75) is 32.0 Å². The van der Waals surface area contributed by atoms with Crippen molar-refractivity contribution in [3.63, 3.8) is 0 Å². The molecule has 0 saturated carbocycles. The van der Waals surface area contributed by atoms with Crippen LogP contribution < -0.4 is 20.1 Å². The summed E-state index contributed by atoms with van der Waals surface area (Å²) < 4.78 is 49.2. The van der Waals surface area contributed by atoms with Crippen LogP contribution in [-0.2, 0) is 18.1 Å². The van der Waals surface area contributed by atoms with Gasteiger partial charge >= 0.3 is 6.18 Å². The van der Waals surface area contributed by atoms with E-state index in [1.807, 2.05) is 18.2 Å². The first-order chi connectivity index (χ1) is 13.7. The Morgan fingerprint density at radius 2 is 1.90 bits per heavy atom. The Balaban J connectivity index is 1.57. The van der Waals surface area contributed by atoms with Gasteiger partial charge in [0.1, 0.15) is 18.2 Å². The van der Waals surface area contributed by atoms with E-state index in [1.54, 1.807) is 7.05 Å². The summed E-state index contributed by atoms with van der Waals surface area (Å²) in [5.74, 6) is 1.95. The summed E-state index contributed by atoms with van der Waals surface area (Å²) in [6.45, 7) is 5.94. The number of fused-ring (bicyclic) bond motifs is 1. The monoisotopic (exact) mass is 428 g/mol. The fourth-order valence-electron chi connectivity index (χ4n) is 2.77. The number of benzene rings is 1. The lowest BCUT2D eigenvalue weighted by Gasteiger charge is -2.28. The van der Waals surface area contributed by atoms with Gasteiger partial charge in [0, 0.05) is 24.4 Å². The minimum absolute atomic E-state index is 0.158. The molecule has 0 radical (unpaired) electrons. The maximum Gasteiger partial charge on any atom is 0.434 e. The van der Waals surface area contributed by atoms with Gasteiger partial charge in [-0.15, -0.1) is 11.3 Å². The van der Waals surface area contributed by atoms with Gasteiger partial charge in [-0.05, 0) is 17.7 Å². The summed E-state index contributed by atoms with van der Waals surface area (Å²) in [6, 6.07) is 5.87. The van der Waals surface area contributed by atoms with E-state index >= 15 is 0 Å². The van der Waals surface area contributed by atoms with Gasteiger partial charge in [0.05, 0.1) is 6.54 Å². The second-order valence-corrected chi connectivity index (χ2v) is 8.09. The van der Waals surface area contributed by atoms with Gasteiger partial charge < -0.3 is 20.1 Å². The predicted octanol–water partition coefficient (Wildman–Crippen LogP) is 3.58. The van der Waals surface area contributed by atoms with E-state index in [1.165, 1.54) is 0 Å². The molecule has 2 aromatic rings. The Kier molecular flexibility index (Phi) is 6.21. The molecular formula is C19H23F3N4O2S. The molecule has 0 fully saturated rings. The molecule has 0 aliphatic carbocycles. The van der Waals surface area contributed by atoms with E-state index < -0.39 is 11.9 Å². The first-order valence-corrected chi connectivity index (χ1v) is 9.93. The summed E-state index contributed by atoms with van der Waals surface area (Å²) >= 11 is 0.960. The first-order valence-electron chi connectivity index (χ1n) is 9.05. The summed E-state index contributed by atoms with van der Waals surface area (Å²) in [6.07, 6.45) is -4.43. The van der Waals surface area contributed by atoms with Gasteiger partial charge in [-0.1, -0.05) is 19.9 Å². The van der Waals surface area contributed by atoms with Crippen molar-refractivity contribution in [2.75, 3.05) is 26.8 Å². The zero-order valence-electron chi connectivity index (χ0n) is 16.4. The van der Waals surface area contributed by atoms with Gasteiger partial charge in [0.15, 0.2) is 23.2 Å². The number of alkyl halides is 3. The molecule has 10 heteroatoms. The molecule has 1 aliphatic heterocycles. The molecule has 0 spiro atoms. The minimum Gasteiger partial charge on any atom is -0.486 e. The van der Waals surface area contributed by atoms with E-state index in [4.69, 9.17) is 9.47 Å². The zero-order chi connectivity index (χ0) is 21.1. The van der Waals surface area contributed by atoms with E-state index in [0.29, 0.717) is 30.7 Å². The molecule has 0 unspecified atom stereocenters. The highest BCUT2D eigenvalue weighted by atomic mass is 32.1. The van der Waals surface area contributed by atoms with Crippen molar-refractivity contribution in [1.82, 2.24) is 15.6 Å². The molecule has 2 N–H and O–H groups in total. The number of hydrogen-bond donors (Lipinski definition) is 2. The third-order valence-electron chi connectivity index (χ3n) is 4.49.